The largest absolute Gasteiger partial charge is 0.464 e. The van der Waals surface area contributed by atoms with Gasteiger partial charge in [0.15, 0.2) is 0 Å². The van der Waals surface area contributed by atoms with Gasteiger partial charge in [-0.2, -0.15) is 0 Å². The molecular weight excluding hydrogens is 196 g/mol. The maximum atomic E-state index is 10.9. The summed E-state index contributed by atoms with van der Waals surface area (Å²) in [5.74, 6) is -0.158. The summed E-state index contributed by atoms with van der Waals surface area (Å²) in [6.07, 6.45) is 2.30. The molecule has 0 bridgehead atoms. The predicted octanol–water partition coefficient (Wildman–Crippen LogP) is -0.376. The summed E-state index contributed by atoms with van der Waals surface area (Å²) in [6, 6.07) is 0. The topological polar surface area (TPSA) is 49.9 Å². The second-order valence-corrected chi connectivity index (χ2v) is 3.49. The SMILES string of the molecule is CCC(=O)OCCN1CCN([C]=O)CC1. The zero-order chi connectivity index (χ0) is 11.1. The Bertz CT molecular complexity index is 213. The van der Waals surface area contributed by atoms with Crippen molar-refractivity contribution in [2.45, 2.75) is 13.3 Å². The summed E-state index contributed by atoms with van der Waals surface area (Å²) in [5, 5.41) is 0. The van der Waals surface area contributed by atoms with Gasteiger partial charge in [-0.3, -0.25) is 14.5 Å². The fourth-order valence-corrected chi connectivity index (χ4v) is 1.45. The highest BCUT2D eigenvalue weighted by molar-refractivity contribution is 5.68. The minimum absolute atomic E-state index is 0.158. The number of hydrogen-bond donors (Lipinski definition) is 0. The average molecular weight is 213 g/mol. The summed E-state index contributed by atoms with van der Waals surface area (Å²) in [4.78, 5) is 25.0. The van der Waals surface area contributed by atoms with Gasteiger partial charge in [-0.15, -0.1) is 0 Å². The van der Waals surface area contributed by atoms with Crippen LogP contribution in [0, 0.1) is 0 Å². The number of carbonyl (C=O) groups is 1. The lowest BCUT2D eigenvalue weighted by atomic mass is 10.3. The number of piperazine rings is 1. The minimum Gasteiger partial charge on any atom is -0.464 e. The predicted molar refractivity (Wildman–Crippen MR) is 55.0 cm³/mol. The maximum absolute atomic E-state index is 10.9. The van der Waals surface area contributed by atoms with Crippen molar-refractivity contribution in [1.82, 2.24) is 9.80 Å². The third kappa shape index (κ3) is 4.29. The summed E-state index contributed by atoms with van der Waals surface area (Å²) in [7, 11) is 0. The van der Waals surface area contributed by atoms with Crippen molar-refractivity contribution in [3.05, 3.63) is 0 Å². The number of hydrogen-bond acceptors (Lipinski definition) is 4. The quantitative estimate of drug-likeness (QED) is 0.584. The molecule has 0 aromatic heterocycles. The van der Waals surface area contributed by atoms with Crippen LogP contribution in [-0.4, -0.2) is 61.5 Å². The van der Waals surface area contributed by atoms with Gasteiger partial charge in [0.1, 0.15) is 6.61 Å². The number of carbonyl (C=O) groups excluding carboxylic acids is 2. The molecule has 1 aliphatic rings. The Morgan fingerprint density at radius 1 is 1.33 bits per heavy atom. The Morgan fingerprint density at radius 2 is 2.00 bits per heavy atom. The third-order valence-electron chi connectivity index (χ3n) is 2.46. The summed E-state index contributed by atoms with van der Waals surface area (Å²) in [5.41, 5.74) is 0. The molecule has 1 heterocycles. The van der Waals surface area contributed by atoms with Gasteiger partial charge in [0, 0.05) is 39.1 Å². The van der Waals surface area contributed by atoms with E-state index in [1.54, 1.807) is 11.8 Å². The van der Waals surface area contributed by atoms with Crippen molar-refractivity contribution >= 4 is 12.4 Å². The first-order chi connectivity index (χ1) is 7.26. The maximum Gasteiger partial charge on any atom is 0.312 e. The number of rotatable bonds is 5. The second kappa shape index (κ2) is 6.40. The molecule has 1 aliphatic heterocycles. The molecule has 0 saturated carbocycles. The molecule has 5 nitrogen and oxygen atoms in total. The van der Waals surface area contributed by atoms with Crippen LogP contribution in [0.1, 0.15) is 13.3 Å². The van der Waals surface area contributed by atoms with Crippen LogP contribution in [0.15, 0.2) is 0 Å². The van der Waals surface area contributed by atoms with Crippen molar-refractivity contribution in [2.24, 2.45) is 0 Å². The van der Waals surface area contributed by atoms with Crippen LogP contribution in [0.5, 0.6) is 0 Å². The van der Waals surface area contributed by atoms with Gasteiger partial charge in [0.05, 0.1) is 0 Å². The number of esters is 1. The first kappa shape index (κ1) is 12.0. The Balaban J connectivity index is 2.08. The molecule has 0 aromatic rings. The van der Waals surface area contributed by atoms with Gasteiger partial charge in [0.25, 0.3) is 0 Å². The highest BCUT2D eigenvalue weighted by Crippen LogP contribution is 1.99. The van der Waals surface area contributed by atoms with Crippen molar-refractivity contribution in [2.75, 3.05) is 39.3 Å². The Hall–Kier alpha value is -1.10. The zero-order valence-corrected chi connectivity index (χ0v) is 9.07. The van der Waals surface area contributed by atoms with E-state index in [-0.39, 0.29) is 5.97 Å². The number of nitrogens with zero attached hydrogens (tertiary/aromatic N) is 2. The molecular formula is C10H17N2O3. The molecule has 15 heavy (non-hydrogen) atoms. The van der Waals surface area contributed by atoms with Crippen molar-refractivity contribution < 1.29 is 14.3 Å². The van der Waals surface area contributed by atoms with Crippen molar-refractivity contribution in [3.8, 4) is 0 Å². The fraction of sp³-hybridized carbons (Fsp3) is 0.800. The van der Waals surface area contributed by atoms with E-state index in [9.17, 15) is 9.59 Å². The standard InChI is InChI=1S/C10H17N2O3/c1-2-10(14)15-8-7-11-3-5-12(9-13)6-4-11/h2-8H2,1H3. The Labute approximate surface area is 90.0 Å². The summed E-state index contributed by atoms with van der Waals surface area (Å²) in [6.45, 7) is 6.06. The average Bonchev–Trinajstić information content (AvgIpc) is 2.29. The van der Waals surface area contributed by atoms with Crippen LogP contribution in [0.2, 0.25) is 0 Å². The van der Waals surface area contributed by atoms with Crippen molar-refractivity contribution in [1.29, 1.82) is 0 Å². The van der Waals surface area contributed by atoms with Crippen LogP contribution in [-0.2, 0) is 14.3 Å². The van der Waals surface area contributed by atoms with Crippen LogP contribution in [0.3, 0.4) is 0 Å². The molecule has 0 unspecified atom stereocenters. The molecule has 1 amide bonds. The lowest BCUT2D eigenvalue weighted by Crippen LogP contribution is -2.46. The summed E-state index contributed by atoms with van der Waals surface area (Å²) >= 11 is 0. The first-order valence-corrected chi connectivity index (χ1v) is 5.27. The van der Waals surface area contributed by atoms with E-state index in [4.69, 9.17) is 4.74 Å². The number of ether oxygens (including phenoxy) is 1. The van der Waals surface area contributed by atoms with E-state index >= 15 is 0 Å². The van der Waals surface area contributed by atoms with Crippen LogP contribution < -0.4 is 0 Å². The molecule has 5 heteroatoms. The van der Waals surface area contributed by atoms with E-state index in [0.717, 1.165) is 19.6 Å². The third-order valence-corrected chi connectivity index (χ3v) is 2.46. The molecule has 0 spiro atoms. The lowest BCUT2D eigenvalue weighted by Gasteiger charge is -2.31. The fourth-order valence-electron chi connectivity index (χ4n) is 1.45. The van der Waals surface area contributed by atoms with E-state index in [2.05, 4.69) is 4.90 Å². The van der Waals surface area contributed by atoms with Crippen LogP contribution >= 0.6 is 0 Å². The highest BCUT2D eigenvalue weighted by Gasteiger charge is 2.15. The highest BCUT2D eigenvalue weighted by atomic mass is 16.5. The molecule has 1 radical (unpaired) electrons. The van der Waals surface area contributed by atoms with E-state index < -0.39 is 0 Å². The van der Waals surface area contributed by atoms with E-state index in [0.29, 0.717) is 26.1 Å². The normalized spacial score (nSPS) is 17.5. The van der Waals surface area contributed by atoms with Crippen molar-refractivity contribution in [3.63, 3.8) is 0 Å². The van der Waals surface area contributed by atoms with E-state index in [1.165, 1.54) is 0 Å². The van der Waals surface area contributed by atoms with Gasteiger partial charge in [0.2, 0.25) is 0 Å². The monoisotopic (exact) mass is 213 g/mol. The van der Waals surface area contributed by atoms with Gasteiger partial charge in [-0.05, 0) is 0 Å². The lowest BCUT2D eigenvalue weighted by molar-refractivity contribution is -0.143. The minimum atomic E-state index is -0.158. The van der Waals surface area contributed by atoms with Gasteiger partial charge < -0.3 is 9.64 Å². The molecule has 0 aliphatic carbocycles. The van der Waals surface area contributed by atoms with Crippen LogP contribution in [0.25, 0.3) is 0 Å². The molecule has 1 saturated heterocycles. The molecule has 1 fully saturated rings. The first-order valence-electron chi connectivity index (χ1n) is 5.27. The molecule has 0 aromatic carbocycles. The molecule has 85 valence electrons. The Morgan fingerprint density at radius 3 is 2.53 bits per heavy atom. The second-order valence-electron chi connectivity index (χ2n) is 3.49. The van der Waals surface area contributed by atoms with Crippen LogP contribution in [0.4, 0.5) is 0 Å². The smallest absolute Gasteiger partial charge is 0.312 e. The molecule has 1 rings (SSSR count). The van der Waals surface area contributed by atoms with Gasteiger partial charge in [-0.1, -0.05) is 6.92 Å². The molecule has 0 atom stereocenters. The van der Waals surface area contributed by atoms with Gasteiger partial charge >= 0.3 is 12.4 Å². The number of amides is 1. The zero-order valence-electron chi connectivity index (χ0n) is 9.07. The summed E-state index contributed by atoms with van der Waals surface area (Å²) < 4.78 is 4.98. The van der Waals surface area contributed by atoms with E-state index in [1.807, 2.05) is 6.41 Å². The van der Waals surface area contributed by atoms with Gasteiger partial charge in [-0.25, -0.2) is 0 Å². The Kier molecular flexibility index (Phi) is 5.10. The molecule has 0 N–H and O–H groups in total.